The number of amides is 1. The molecule has 2 atom stereocenters. The standard InChI is InChI=1S/C29H35NO6/c1-3-5-6-17-35-23-13-9-20(10-14-23)26-25(27(31)21-11-15-22(16-12-21)34-4-2)28(32)29(33)30(26)19-24-8-7-18-36-24/h9-16,24,26,31H,3-8,17-19H2,1-2H3. The lowest BCUT2D eigenvalue weighted by Crippen LogP contribution is -2.36. The number of ketones is 1. The summed E-state index contributed by atoms with van der Waals surface area (Å²) in [6, 6.07) is 13.6. The molecule has 2 saturated heterocycles. The molecule has 0 radical (unpaired) electrons. The zero-order valence-electron chi connectivity index (χ0n) is 21.1. The van der Waals surface area contributed by atoms with E-state index in [4.69, 9.17) is 14.2 Å². The number of hydrogen-bond donors (Lipinski definition) is 1. The molecule has 0 bridgehead atoms. The Morgan fingerprint density at radius 1 is 1.00 bits per heavy atom. The summed E-state index contributed by atoms with van der Waals surface area (Å²) in [7, 11) is 0. The SMILES string of the molecule is CCCCCOc1ccc(C2C(=C(O)c3ccc(OCC)cc3)C(=O)C(=O)N2CC2CCCO2)cc1. The van der Waals surface area contributed by atoms with Gasteiger partial charge in [0.05, 0.1) is 30.9 Å². The molecule has 2 heterocycles. The van der Waals surface area contributed by atoms with Crippen molar-refractivity contribution in [1.29, 1.82) is 0 Å². The van der Waals surface area contributed by atoms with Crippen LogP contribution in [0.4, 0.5) is 0 Å². The van der Waals surface area contributed by atoms with Crippen molar-refractivity contribution < 1.29 is 28.9 Å². The lowest BCUT2D eigenvalue weighted by atomic mass is 9.95. The van der Waals surface area contributed by atoms with Crippen LogP contribution in [0.25, 0.3) is 5.76 Å². The molecule has 36 heavy (non-hydrogen) atoms. The first-order chi connectivity index (χ1) is 17.5. The van der Waals surface area contributed by atoms with Crippen LogP contribution in [-0.2, 0) is 14.3 Å². The summed E-state index contributed by atoms with van der Waals surface area (Å²) in [5.74, 6) is -0.111. The Hall–Kier alpha value is -3.32. The third-order valence-corrected chi connectivity index (χ3v) is 6.62. The minimum absolute atomic E-state index is 0.0822. The molecule has 0 spiro atoms. The van der Waals surface area contributed by atoms with Gasteiger partial charge in [0.1, 0.15) is 17.3 Å². The Morgan fingerprint density at radius 3 is 2.33 bits per heavy atom. The van der Waals surface area contributed by atoms with Crippen LogP contribution in [0.5, 0.6) is 11.5 Å². The largest absolute Gasteiger partial charge is 0.507 e. The molecule has 2 aromatic rings. The highest BCUT2D eigenvalue weighted by molar-refractivity contribution is 6.46. The Balaban J connectivity index is 1.67. The molecule has 2 aliphatic rings. The number of unbranched alkanes of at least 4 members (excludes halogenated alkanes) is 2. The van der Waals surface area contributed by atoms with Gasteiger partial charge in [-0.2, -0.15) is 0 Å². The van der Waals surface area contributed by atoms with Crippen LogP contribution in [0.2, 0.25) is 0 Å². The number of aliphatic hydroxyl groups is 1. The monoisotopic (exact) mass is 493 g/mol. The summed E-state index contributed by atoms with van der Waals surface area (Å²) in [6.45, 7) is 6.15. The van der Waals surface area contributed by atoms with Crippen molar-refractivity contribution in [2.75, 3.05) is 26.4 Å². The molecular formula is C29H35NO6. The van der Waals surface area contributed by atoms with Gasteiger partial charge in [-0.15, -0.1) is 0 Å². The van der Waals surface area contributed by atoms with Gasteiger partial charge in [0.2, 0.25) is 0 Å². The molecule has 7 heteroatoms. The van der Waals surface area contributed by atoms with Gasteiger partial charge < -0.3 is 24.2 Å². The van der Waals surface area contributed by atoms with E-state index in [-0.39, 0.29) is 17.4 Å². The van der Waals surface area contributed by atoms with Crippen LogP contribution in [-0.4, -0.2) is 54.2 Å². The van der Waals surface area contributed by atoms with Crippen LogP contribution in [0, 0.1) is 0 Å². The predicted octanol–water partition coefficient (Wildman–Crippen LogP) is 5.26. The second kappa shape index (κ2) is 12.1. The van der Waals surface area contributed by atoms with Crippen molar-refractivity contribution in [2.45, 2.75) is 58.1 Å². The molecule has 4 rings (SSSR count). The normalized spacial score (nSPS) is 21.2. The van der Waals surface area contributed by atoms with Gasteiger partial charge >= 0.3 is 0 Å². The fraction of sp³-hybridized carbons (Fsp3) is 0.448. The number of rotatable bonds is 11. The highest BCUT2D eigenvalue weighted by Crippen LogP contribution is 2.40. The van der Waals surface area contributed by atoms with Gasteiger partial charge in [0.15, 0.2) is 0 Å². The van der Waals surface area contributed by atoms with E-state index in [1.54, 1.807) is 24.3 Å². The Bertz CT molecular complexity index is 1070. The maximum absolute atomic E-state index is 13.2. The zero-order chi connectivity index (χ0) is 25.5. The zero-order valence-corrected chi connectivity index (χ0v) is 21.1. The van der Waals surface area contributed by atoms with Crippen LogP contribution in [0.1, 0.15) is 63.1 Å². The number of carbonyl (C=O) groups excluding carboxylic acids is 2. The smallest absolute Gasteiger partial charge is 0.295 e. The van der Waals surface area contributed by atoms with E-state index < -0.39 is 17.7 Å². The van der Waals surface area contributed by atoms with Crippen molar-refractivity contribution in [2.24, 2.45) is 0 Å². The highest BCUT2D eigenvalue weighted by Gasteiger charge is 2.47. The third kappa shape index (κ3) is 5.73. The molecule has 0 aromatic heterocycles. The average Bonchev–Trinajstić information content (AvgIpc) is 3.50. The van der Waals surface area contributed by atoms with E-state index in [0.29, 0.717) is 37.7 Å². The van der Waals surface area contributed by atoms with Crippen LogP contribution < -0.4 is 9.47 Å². The van der Waals surface area contributed by atoms with E-state index in [0.717, 1.165) is 43.4 Å². The van der Waals surface area contributed by atoms with E-state index in [9.17, 15) is 14.7 Å². The van der Waals surface area contributed by atoms with Crippen LogP contribution in [0.15, 0.2) is 54.1 Å². The van der Waals surface area contributed by atoms with Gasteiger partial charge in [-0.3, -0.25) is 9.59 Å². The van der Waals surface area contributed by atoms with Gasteiger partial charge in [-0.25, -0.2) is 0 Å². The average molecular weight is 494 g/mol. The van der Waals surface area contributed by atoms with Crippen LogP contribution in [0.3, 0.4) is 0 Å². The van der Waals surface area contributed by atoms with Gasteiger partial charge in [-0.1, -0.05) is 31.9 Å². The summed E-state index contributed by atoms with van der Waals surface area (Å²) in [5, 5.41) is 11.2. The van der Waals surface area contributed by atoms with Crippen molar-refractivity contribution in [3.8, 4) is 11.5 Å². The molecular weight excluding hydrogens is 458 g/mol. The fourth-order valence-corrected chi connectivity index (χ4v) is 4.74. The molecule has 1 N–H and O–H groups in total. The van der Waals surface area contributed by atoms with Gasteiger partial charge in [-0.05, 0) is 68.1 Å². The first-order valence-electron chi connectivity index (χ1n) is 12.9. The van der Waals surface area contributed by atoms with E-state index in [2.05, 4.69) is 6.92 Å². The molecule has 0 aliphatic carbocycles. The van der Waals surface area contributed by atoms with E-state index in [1.807, 2.05) is 31.2 Å². The summed E-state index contributed by atoms with van der Waals surface area (Å²) in [6.07, 6.45) is 4.86. The van der Waals surface area contributed by atoms with Gasteiger partial charge in [0, 0.05) is 18.7 Å². The number of likely N-dealkylation sites (tertiary alicyclic amines) is 1. The lowest BCUT2D eigenvalue weighted by Gasteiger charge is -2.27. The molecule has 192 valence electrons. The van der Waals surface area contributed by atoms with Crippen molar-refractivity contribution in [3.05, 3.63) is 65.2 Å². The summed E-state index contributed by atoms with van der Waals surface area (Å²) < 4.78 is 17.1. The molecule has 2 aliphatic heterocycles. The second-order valence-corrected chi connectivity index (χ2v) is 9.17. The first kappa shape index (κ1) is 25.8. The minimum Gasteiger partial charge on any atom is -0.507 e. The summed E-state index contributed by atoms with van der Waals surface area (Å²) in [4.78, 5) is 27.9. The number of aliphatic hydroxyl groups excluding tert-OH is 1. The number of ether oxygens (including phenoxy) is 3. The summed E-state index contributed by atoms with van der Waals surface area (Å²) >= 11 is 0. The van der Waals surface area contributed by atoms with E-state index >= 15 is 0 Å². The molecule has 2 aromatic carbocycles. The highest BCUT2D eigenvalue weighted by atomic mass is 16.5. The predicted molar refractivity (Wildman–Crippen MR) is 137 cm³/mol. The molecule has 1 amide bonds. The quantitative estimate of drug-likeness (QED) is 0.199. The topological polar surface area (TPSA) is 85.3 Å². The van der Waals surface area contributed by atoms with Crippen molar-refractivity contribution in [3.63, 3.8) is 0 Å². The molecule has 0 saturated carbocycles. The number of hydrogen-bond acceptors (Lipinski definition) is 6. The van der Waals surface area contributed by atoms with Gasteiger partial charge in [0.25, 0.3) is 11.7 Å². The molecule has 7 nitrogen and oxygen atoms in total. The molecule has 2 unspecified atom stereocenters. The van der Waals surface area contributed by atoms with Crippen molar-refractivity contribution >= 4 is 17.4 Å². The molecule has 2 fully saturated rings. The van der Waals surface area contributed by atoms with Crippen molar-refractivity contribution in [1.82, 2.24) is 4.90 Å². The fourth-order valence-electron chi connectivity index (χ4n) is 4.74. The first-order valence-corrected chi connectivity index (χ1v) is 12.9. The van der Waals surface area contributed by atoms with Crippen LogP contribution >= 0.6 is 0 Å². The number of nitrogens with zero attached hydrogens (tertiary/aromatic N) is 1. The third-order valence-electron chi connectivity index (χ3n) is 6.62. The number of Topliss-reactive ketones (excluding diaryl/α,β-unsaturated/α-hetero) is 1. The summed E-state index contributed by atoms with van der Waals surface area (Å²) in [5.41, 5.74) is 1.27. The second-order valence-electron chi connectivity index (χ2n) is 9.17. The number of carbonyl (C=O) groups is 2. The Kier molecular flexibility index (Phi) is 8.65. The maximum Gasteiger partial charge on any atom is 0.295 e. The maximum atomic E-state index is 13.2. The Morgan fingerprint density at radius 2 is 1.69 bits per heavy atom. The van der Waals surface area contributed by atoms with E-state index in [1.165, 1.54) is 4.90 Å². The number of benzene rings is 2. The Labute approximate surface area is 212 Å². The minimum atomic E-state index is -0.713. The lowest BCUT2D eigenvalue weighted by molar-refractivity contribution is -0.140.